The zero-order chi connectivity index (χ0) is 37.3. The highest BCUT2D eigenvalue weighted by atomic mass is 16.6. The van der Waals surface area contributed by atoms with Crippen LogP contribution in [-0.2, 0) is 14.3 Å². The van der Waals surface area contributed by atoms with Gasteiger partial charge in [-0.25, -0.2) is 0 Å². The van der Waals surface area contributed by atoms with E-state index in [0.29, 0.717) is 24.0 Å². The summed E-state index contributed by atoms with van der Waals surface area (Å²) >= 11 is 0. The second-order valence-corrected chi connectivity index (χ2v) is 13.7. The van der Waals surface area contributed by atoms with Crippen molar-refractivity contribution in [1.29, 1.82) is 0 Å². The predicted molar refractivity (Wildman–Crippen MR) is 199 cm³/mol. The van der Waals surface area contributed by atoms with Gasteiger partial charge in [0, 0.05) is 5.56 Å². The van der Waals surface area contributed by atoms with E-state index in [1.807, 2.05) is 0 Å². The summed E-state index contributed by atoms with van der Waals surface area (Å²) in [6.45, 7) is 12.5. The highest BCUT2D eigenvalue weighted by Crippen LogP contribution is 2.34. The van der Waals surface area contributed by atoms with Crippen molar-refractivity contribution in [3.05, 3.63) is 53.6 Å². The number of hydrogen-bond donors (Lipinski definition) is 5. The fourth-order valence-corrected chi connectivity index (χ4v) is 6.13. The SMILES string of the molecule is C=C(C)C(=O)CC(O)(OC(C)C(O)c1ccccc1-c1nc(N)nc(N)n1)C(=O)/C(C)=C/C(O)(CCCCCCCC)CCCCCCCC. The van der Waals surface area contributed by atoms with Gasteiger partial charge in [0.2, 0.25) is 23.5 Å². The number of allylic oxidation sites excluding steroid dienone is 1. The Labute approximate surface area is 298 Å². The number of carbonyl (C=O) groups excluding carboxylic acids is 2. The van der Waals surface area contributed by atoms with E-state index in [1.54, 1.807) is 24.3 Å². The first-order valence-electron chi connectivity index (χ1n) is 18.3. The van der Waals surface area contributed by atoms with Crippen molar-refractivity contribution in [3.63, 3.8) is 0 Å². The number of Topliss-reactive ketones (excluding diaryl/α,β-unsaturated/α-hetero) is 2. The fraction of sp³-hybridized carbons (Fsp3) is 0.615. The lowest BCUT2D eigenvalue weighted by molar-refractivity contribution is -0.232. The molecule has 0 bridgehead atoms. The van der Waals surface area contributed by atoms with Gasteiger partial charge in [-0.05, 0) is 56.4 Å². The van der Waals surface area contributed by atoms with Crippen LogP contribution in [0.3, 0.4) is 0 Å². The first-order valence-corrected chi connectivity index (χ1v) is 18.3. The molecule has 3 unspecified atom stereocenters. The Kier molecular flexibility index (Phi) is 17.9. The number of nitrogen functional groups attached to an aromatic ring is 2. The largest absolute Gasteiger partial charge is 0.386 e. The van der Waals surface area contributed by atoms with Gasteiger partial charge in [-0.3, -0.25) is 9.59 Å². The molecule has 1 aromatic carbocycles. The van der Waals surface area contributed by atoms with E-state index in [9.17, 15) is 24.9 Å². The molecule has 0 saturated heterocycles. The lowest BCUT2D eigenvalue weighted by atomic mass is 9.86. The van der Waals surface area contributed by atoms with Gasteiger partial charge < -0.3 is 31.5 Å². The van der Waals surface area contributed by atoms with Crippen molar-refractivity contribution in [2.75, 3.05) is 11.5 Å². The molecule has 278 valence electrons. The van der Waals surface area contributed by atoms with E-state index in [1.165, 1.54) is 39.7 Å². The average Bonchev–Trinajstić information content (AvgIpc) is 3.06. The molecular formula is C39H61N5O6. The molecule has 2 rings (SSSR count). The highest BCUT2D eigenvalue weighted by molar-refractivity contribution is 6.05. The van der Waals surface area contributed by atoms with Gasteiger partial charge in [-0.1, -0.05) is 122 Å². The molecule has 0 radical (unpaired) electrons. The van der Waals surface area contributed by atoms with Crippen molar-refractivity contribution in [1.82, 2.24) is 15.0 Å². The third-order valence-electron chi connectivity index (χ3n) is 9.02. The number of rotatable bonds is 25. The molecule has 3 atom stereocenters. The molecule has 7 N–H and O–H groups in total. The molecule has 11 heteroatoms. The molecule has 0 saturated carbocycles. The van der Waals surface area contributed by atoms with Gasteiger partial charge in [0.15, 0.2) is 11.6 Å². The summed E-state index contributed by atoms with van der Waals surface area (Å²) in [5.74, 6) is -4.20. The first kappa shape index (κ1) is 42.7. The molecule has 0 aliphatic heterocycles. The standard InChI is InChI=1S/C39H61N5O6/c1-7-9-11-13-15-19-23-38(48,24-20-16-14-12-10-8-2)25-28(5)34(47)39(49,26-32(45)27(3)4)50-29(6)33(46)30-21-17-18-22-31(30)35-42-36(40)44-37(41)43-35/h17-18,21-22,25,29,33,46,48-49H,3,7-16,19-20,23-24,26H2,1-2,4-6H3,(H4,40,41,42,43,44)/b28-25+. The van der Waals surface area contributed by atoms with Crippen LogP contribution in [0.2, 0.25) is 0 Å². The summed E-state index contributed by atoms with van der Waals surface area (Å²) in [4.78, 5) is 39.1. The molecule has 0 spiro atoms. The number of hydrogen-bond acceptors (Lipinski definition) is 11. The minimum absolute atomic E-state index is 0.0692. The van der Waals surface area contributed by atoms with Crippen molar-refractivity contribution < 1.29 is 29.6 Å². The van der Waals surface area contributed by atoms with E-state index in [4.69, 9.17) is 16.2 Å². The summed E-state index contributed by atoms with van der Waals surface area (Å²) in [6.07, 6.45) is 11.8. The number of unbranched alkanes of at least 4 members (excludes halogenated alkanes) is 10. The highest BCUT2D eigenvalue weighted by Gasteiger charge is 2.43. The van der Waals surface area contributed by atoms with Crippen molar-refractivity contribution in [2.45, 2.75) is 155 Å². The number of carbonyl (C=O) groups is 2. The zero-order valence-electron chi connectivity index (χ0n) is 30.9. The number of aliphatic hydroxyl groups excluding tert-OH is 1. The smallest absolute Gasteiger partial charge is 0.238 e. The fourth-order valence-electron chi connectivity index (χ4n) is 6.13. The Bertz CT molecular complexity index is 1390. The molecule has 0 aliphatic carbocycles. The van der Waals surface area contributed by atoms with Crippen LogP contribution in [-0.4, -0.2) is 59.3 Å². The van der Waals surface area contributed by atoms with Crippen molar-refractivity contribution in [2.24, 2.45) is 0 Å². The second-order valence-electron chi connectivity index (χ2n) is 13.7. The van der Waals surface area contributed by atoms with E-state index in [-0.39, 0.29) is 28.9 Å². The van der Waals surface area contributed by atoms with Gasteiger partial charge in [0.1, 0.15) is 6.10 Å². The zero-order valence-corrected chi connectivity index (χ0v) is 30.9. The average molecular weight is 696 g/mol. The summed E-state index contributed by atoms with van der Waals surface area (Å²) in [5, 5.41) is 35.2. The van der Waals surface area contributed by atoms with Crippen LogP contribution in [0.25, 0.3) is 11.4 Å². The maximum Gasteiger partial charge on any atom is 0.238 e. The molecule has 0 amide bonds. The molecule has 2 aromatic rings. The van der Waals surface area contributed by atoms with E-state index < -0.39 is 41.6 Å². The number of ether oxygens (including phenoxy) is 1. The molecule has 1 heterocycles. The molecule has 50 heavy (non-hydrogen) atoms. The number of aromatic nitrogens is 3. The summed E-state index contributed by atoms with van der Waals surface area (Å²) in [7, 11) is 0. The molecule has 0 fully saturated rings. The van der Waals surface area contributed by atoms with Gasteiger partial charge in [-0.15, -0.1) is 0 Å². The lowest BCUT2D eigenvalue weighted by Crippen LogP contribution is -2.47. The van der Waals surface area contributed by atoms with E-state index in [2.05, 4.69) is 35.4 Å². The number of aliphatic hydroxyl groups is 3. The Balaban J connectivity index is 2.39. The van der Waals surface area contributed by atoms with Crippen LogP contribution in [0.15, 0.2) is 48.1 Å². The van der Waals surface area contributed by atoms with Crippen LogP contribution in [0.1, 0.15) is 143 Å². The van der Waals surface area contributed by atoms with E-state index >= 15 is 0 Å². The monoisotopic (exact) mass is 695 g/mol. The first-order chi connectivity index (χ1) is 23.7. The minimum atomic E-state index is -2.66. The van der Waals surface area contributed by atoms with Gasteiger partial charge >= 0.3 is 0 Å². The van der Waals surface area contributed by atoms with E-state index in [0.717, 1.165) is 64.2 Å². The summed E-state index contributed by atoms with van der Waals surface area (Å²) in [5.41, 5.74) is 11.2. The van der Waals surface area contributed by atoms with Crippen LogP contribution < -0.4 is 11.5 Å². The normalized spacial score (nSPS) is 14.6. The third kappa shape index (κ3) is 13.7. The van der Waals surface area contributed by atoms with Crippen LogP contribution in [0.4, 0.5) is 11.9 Å². The Morgan fingerprint density at radius 2 is 1.36 bits per heavy atom. The minimum Gasteiger partial charge on any atom is -0.386 e. The number of anilines is 2. The van der Waals surface area contributed by atoms with Crippen LogP contribution in [0.5, 0.6) is 0 Å². The summed E-state index contributed by atoms with van der Waals surface area (Å²) in [6, 6.07) is 6.67. The van der Waals surface area contributed by atoms with Crippen molar-refractivity contribution >= 4 is 23.5 Å². The topological polar surface area (TPSA) is 195 Å². The number of nitrogens with two attached hydrogens (primary N) is 2. The molecule has 0 aliphatic rings. The Morgan fingerprint density at radius 1 is 0.860 bits per heavy atom. The lowest BCUT2D eigenvalue weighted by Gasteiger charge is -2.33. The van der Waals surface area contributed by atoms with Gasteiger partial charge in [0.25, 0.3) is 0 Å². The van der Waals surface area contributed by atoms with Crippen LogP contribution >= 0.6 is 0 Å². The van der Waals surface area contributed by atoms with Gasteiger partial charge in [0.05, 0.1) is 18.1 Å². The molecular weight excluding hydrogens is 634 g/mol. The van der Waals surface area contributed by atoms with Crippen LogP contribution in [0, 0.1) is 0 Å². The quantitative estimate of drug-likeness (QED) is 0.0403. The van der Waals surface area contributed by atoms with Gasteiger partial charge in [-0.2, -0.15) is 15.0 Å². The Hall–Kier alpha value is -3.51. The number of benzene rings is 1. The molecule has 1 aromatic heterocycles. The maximum atomic E-state index is 14.1. The number of nitrogens with zero attached hydrogens (tertiary/aromatic N) is 3. The molecule has 11 nitrogen and oxygen atoms in total. The van der Waals surface area contributed by atoms with Crippen molar-refractivity contribution in [3.8, 4) is 11.4 Å². The third-order valence-corrected chi connectivity index (χ3v) is 9.02. The summed E-state index contributed by atoms with van der Waals surface area (Å²) < 4.78 is 5.95. The maximum absolute atomic E-state index is 14.1. The second kappa shape index (κ2) is 21.0. The Morgan fingerprint density at radius 3 is 1.88 bits per heavy atom. The predicted octanol–water partition coefficient (Wildman–Crippen LogP) is 7.11. The number of ketones is 2.